The zero-order chi connectivity index (χ0) is 10.1. The number of aromatic nitrogens is 2. The van der Waals surface area contributed by atoms with Gasteiger partial charge in [0, 0.05) is 6.20 Å². The Morgan fingerprint density at radius 1 is 1.71 bits per heavy atom. The van der Waals surface area contributed by atoms with Gasteiger partial charge in [-0.1, -0.05) is 0 Å². The van der Waals surface area contributed by atoms with Crippen molar-refractivity contribution in [2.75, 3.05) is 13.2 Å². The highest BCUT2D eigenvalue weighted by molar-refractivity contribution is 5.95. The molecule has 6 heteroatoms. The molecule has 1 aromatic heterocycles. The summed E-state index contributed by atoms with van der Waals surface area (Å²) >= 11 is 0. The fourth-order valence-electron chi connectivity index (χ4n) is 1.22. The number of hydrogen-bond acceptors (Lipinski definition) is 4. The van der Waals surface area contributed by atoms with Crippen molar-refractivity contribution in [3.05, 3.63) is 17.5 Å². The molecule has 0 radical (unpaired) electrons. The number of rotatable bonds is 3. The third kappa shape index (κ3) is 1.29. The van der Waals surface area contributed by atoms with Crippen molar-refractivity contribution in [2.24, 2.45) is 0 Å². The number of carboxylic acids is 1. The second-order valence-corrected chi connectivity index (χ2v) is 3.03. The zero-order valence-electron chi connectivity index (χ0n) is 7.21. The molecule has 0 bridgehead atoms. The first-order valence-corrected chi connectivity index (χ1v) is 4.07. The maximum atomic E-state index is 10.7. The highest BCUT2D eigenvalue weighted by Gasteiger charge is 2.24. The molecule has 1 aliphatic heterocycles. The minimum Gasteiger partial charge on any atom is -0.476 e. The van der Waals surface area contributed by atoms with Gasteiger partial charge in [-0.05, 0) is 0 Å². The number of carbonyl (C=O) groups is 2. The van der Waals surface area contributed by atoms with Crippen LogP contribution in [0.15, 0.2) is 6.20 Å². The first-order chi connectivity index (χ1) is 6.72. The van der Waals surface area contributed by atoms with E-state index in [0.29, 0.717) is 19.5 Å². The van der Waals surface area contributed by atoms with Crippen LogP contribution in [0, 0.1) is 0 Å². The summed E-state index contributed by atoms with van der Waals surface area (Å²) in [7, 11) is 0. The summed E-state index contributed by atoms with van der Waals surface area (Å²) in [5, 5.41) is 12.5. The van der Waals surface area contributed by atoms with Gasteiger partial charge in [0.1, 0.15) is 0 Å². The molecule has 1 saturated heterocycles. The van der Waals surface area contributed by atoms with Gasteiger partial charge >= 0.3 is 5.97 Å². The largest absolute Gasteiger partial charge is 0.476 e. The van der Waals surface area contributed by atoms with Gasteiger partial charge in [0.15, 0.2) is 12.0 Å². The normalized spacial score (nSPS) is 16.3. The minimum absolute atomic E-state index is 0.0572. The Morgan fingerprint density at radius 2 is 2.43 bits per heavy atom. The van der Waals surface area contributed by atoms with Crippen LogP contribution >= 0.6 is 0 Å². The lowest BCUT2D eigenvalue weighted by molar-refractivity contribution is -0.0288. The van der Waals surface area contributed by atoms with E-state index in [0.717, 1.165) is 0 Å². The molecule has 1 fully saturated rings. The lowest BCUT2D eigenvalue weighted by Gasteiger charge is -2.25. The first-order valence-electron chi connectivity index (χ1n) is 4.07. The fourth-order valence-corrected chi connectivity index (χ4v) is 1.22. The summed E-state index contributed by atoms with van der Waals surface area (Å²) in [6, 6.07) is 0.0572. The van der Waals surface area contributed by atoms with E-state index in [1.807, 2.05) is 0 Å². The second kappa shape index (κ2) is 3.22. The molecule has 74 valence electrons. The molecular weight excluding hydrogens is 188 g/mol. The molecule has 0 aliphatic carbocycles. The molecule has 0 aromatic carbocycles. The van der Waals surface area contributed by atoms with Crippen molar-refractivity contribution in [3.63, 3.8) is 0 Å². The molecule has 2 heterocycles. The van der Waals surface area contributed by atoms with Crippen LogP contribution in [0.1, 0.15) is 26.9 Å². The van der Waals surface area contributed by atoms with Crippen LogP contribution in [-0.4, -0.2) is 40.4 Å². The lowest BCUT2D eigenvalue weighted by atomic mass is 10.2. The van der Waals surface area contributed by atoms with Gasteiger partial charge in [0.25, 0.3) is 0 Å². The van der Waals surface area contributed by atoms with E-state index in [4.69, 9.17) is 9.84 Å². The number of aromatic carboxylic acids is 1. The predicted molar refractivity (Wildman–Crippen MR) is 44.4 cm³/mol. The predicted octanol–water partition coefficient (Wildman–Crippen LogP) is -0.0349. The second-order valence-electron chi connectivity index (χ2n) is 3.03. The van der Waals surface area contributed by atoms with E-state index in [1.54, 1.807) is 0 Å². The number of hydrogen-bond donors (Lipinski definition) is 1. The van der Waals surface area contributed by atoms with Crippen molar-refractivity contribution in [1.82, 2.24) is 9.78 Å². The molecule has 1 N–H and O–H groups in total. The number of ether oxygens (including phenoxy) is 1. The number of nitrogens with zero attached hydrogens (tertiary/aromatic N) is 2. The van der Waals surface area contributed by atoms with Crippen molar-refractivity contribution in [3.8, 4) is 0 Å². The lowest BCUT2D eigenvalue weighted by Crippen LogP contribution is -2.31. The van der Waals surface area contributed by atoms with E-state index >= 15 is 0 Å². The van der Waals surface area contributed by atoms with Gasteiger partial charge in [0.2, 0.25) is 0 Å². The van der Waals surface area contributed by atoms with Crippen LogP contribution in [0.4, 0.5) is 0 Å². The first kappa shape index (κ1) is 8.89. The molecular formula is C8H8N2O4. The van der Waals surface area contributed by atoms with Crippen LogP contribution in [-0.2, 0) is 4.74 Å². The van der Waals surface area contributed by atoms with Gasteiger partial charge in [-0.25, -0.2) is 4.79 Å². The summed E-state index contributed by atoms with van der Waals surface area (Å²) in [6.45, 7) is 1.03. The quantitative estimate of drug-likeness (QED) is 0.686. The standard InChI is InChI=1S/C8H8N2O4/c11-2-5-1-10(6-3-14-4-6)9-7(5)8(12)13/h1-2,6H,3-4H2,(H,12,13). The Balaban J connectivity index is 2.34. The van der Waals surface area contributed by atoms with E-state index in [2.05, 4.69) is 5.10 Å². The summed E-state index contributed by atoms with van der Waals surface area (Å²) in [5.41, 5.74) is -0.101. The Morgan fingerprint density at radius 3 is 2.79 bits per heavy atom. The Kier molecular flexibility index (Phi) is 2.05. The van der Waals surface area contributed by atoms with Crippen molar-refractivity contribution in [2.45, 2.75) is 6.04 Å². The minimum atomic E-state index is -1.19. The molecule has 0 atom stereocenters. The summed E-state index contributed by atoms with van der Waals surface area (Å²) < 4.78 is 6.40. The van der Waals surface area contributed by atoms with E-state index in [1.165, 1.54) is 10.9 Å². The number of carboxylic acid groups (broad SMARTS) is 1. The average molecular weight is 196 g/mol. The highest BCUT2D eigenvalue weighted by atomic mass is 16.5. The van der Waals surface area contributed by atoms with Gasteiger partial charge in [0.05, 0.1) is 24.8 Å². The van der Waals surface area contributed by atoms with Crippen LogP contribution in [0.3, 0.4) is 0 Å². The topological polar surface area (TPSA) is 81.4 Å². The third-order valence-corrected chi connectivity index (χ3v) is 2.08. The molecule has 0 amide bonds. The van der Waals surface area contributed by atoms with Crippen molar-refractivity contribution >= 4 is 12.3 Å². The molecule has 0 unspecified atom stereocenters. The molecule has 14 heavy (non-hydrogen) atoms. The fraction of sp³-hybridized carbons (Fsp3) is 0.375. The summed E-state index contributed by atoms with van der Waals surface area (Å²) in [4.78, 5) is 21.2. The SMILES string of the molecule is O=Cc1cn(C2COC2)nc1C(=O)O. The Hall–Kier alpha value is -1.69. The molecule has 6 nitrogen and oxygen atoms in total. The van der Waals surface area contributed by atoms with Crippen LogP contribution < -0.4 is 0 Å². The zero-order valence-corrected chi connectivity index (χ0v) is 7.21. The smallest absolute Gasteiger partial charge is 0.357 e. The molecule has 0 spiro atoms. The van der Waals surface area contributed by atoms with Gasteiger partial charge in [-0.3, -0.25) is 9.48 Å². The average Bonchev–Trinajstić information content (AvgIpc) is 2.45. The molecule has 1 aromatic rings. The van der Waals surface area contributed by atoms with Gasteiger partial charge in [-0.15, -0.1) is 0 Å². The molecule has 0 saturated carbocycles. The van der Waals surface area contributed by atoms with Crippen molar-refractivity contribution < 1.29 is 19.4 Å². The van der Waals surface area contributed by atoms with Gasteiger partial charge in [-0.2, -0.15) is 5.10 Å². The molecule has 2 rings (SSSR count). The monoisotopic (exact) mass is 196 g/mol. The van der Waals surface area contributed by atoms with Crippen LogP contribution in [0.2, 0.25) is 0 Å². The maximum absolute atomic E-state index is 10.7. The van der Waals surface area contributed by atoms with Crippen molar-refractivity contribution in [1.29, 1.82) is 0 Å². The summed E-state index contributed by atoms with van der Waals surface area (Å²) in [6.07, 6.45) is 1.93. The van der Waals surface area contributed by atoms with E-state index < -0.39 is 5.97 Å². The number of carbonyl (C=O) groups excluding carboxylic acids is 1. The molecule has 1 aliphatic rings. The maximum Gasteiger partial charge on any atom is 0.357 e. The van der Waals surface area contributed by atoms with E-state index in [-0.39, 0.29) is 17.3 Å². The van der Waals surface area contributed by atoms with Crippen LogP contribution in [0.25, 0.3) is 0 Å². The number of aldehydes is 1. The van der Waals surface area contributed by atoms with Crippen LogP contribution in [0.5, 0.6) is 0 Å². The highest BCUT2D eigenvalue weighted by Crippen LogP contribution is 2.17. The Bertz CT molecular complexity index is 381. The third-order valence-electron chi connectivity index (χ3n) is 2.08. The Labute approximate surface area is 79.1 Å². The van der Waals surface area contributed by atoms with E-state index in [9.17, 15) is 9.59 Å². The summed E-state index contributed by atoms with van der Waals surface area (Å²) in [5.74, 6) is -1.19. The van der Waals surface area contributed by atoms with Gasteiger partial charge < -0.3 is 9.84 Å².